The molecule has 0 fully saturated rings. The zero-order valence-corrected chi connectivity index (χ0v) is 14.4. The van der Waals surface area contributed by atoms with Gasteiger partial charge < -0.3 is 20.1 Å². The second-order valence-electron chi connectivity index (χ2n) is 5.01. The number of methoxy groups -OCH3 is 2. The Balaban J connectivity index is 2.82. The third kappa shape index (κ3) is 7.32. The standard InChI is InChI=1S/C16H22F3N3O3/c1-4-20-15(21-8-7-16(17,18)19)22-10-11-5-6-13(24-2)12(9-11)14(23)25-3/h5-6,9H,4,7-8,10H2,1-3H3,(H2,20,21,22). The van der Waals surface area contributed by atoms with E-state index < -0.39 is 18.6 Å². The first kappa shape index (κ1) is 20.6. The molecule has 0 heterocycles. The van der Waals surface area contributed by atoms with Gasteiger partial charge in [0.2, 0.25) is 0 Å². The molecule has 140 valence electrons. The van der Waals surface area contributed by atoms with Crippen LogP contribution in [0.5, 0.6) is 5.75 Å². The number of carbonyl (C=O) groups excluding carboxylic acids is 1. The minimum atomic E-state index is -4.23. The van der Waals surface area contributed by atoms with Crippen LogP contribution in [0.1, 0.15) is 29.3 Å². The second kappa shape index (κ2) is 9.75. The predicted octanol–water partition coefficient (Wildman–Crippen LogP) is 2.49. The molecular formula is C16H22F3N3O3. The lowest BCUT2D eigenvalue weighted by Crippen LogP contribution is -2.38. The van der Waals surface area contributed by atoms with Gasteiger partial charge in [-0.3, -0.25) is 0 Å². The number of nitrogens with zero attached hydrogens (tertiary/aromatic N) is 1. The summed E-state index contributed by atoms with van der Waals surface area (Å²) in [6, 6.07) is 4.91. The van der Waals surface area contributed by atoms with Crippen LogP contribution >= 0.6 is 0 Å². The molecule has 0 aliphatic rings. The normalized spacial score (nSPS) is 11.8. The van der Waals surface area contributed by atoms with Crippen molar-refractivity contribution in [3.05, 3.63) is 29.3 Å². The molecule has 0 saturated heterocycles. The molecule has 1 aromatic carbocycles. The van der Waals surface area contributed by atoms with Crippen molar-refractivity contribution in [2.45, 2.75) is 26.1 Å². The van der Waals surface area contributed by atoms with Gasteiger partial charge in [0.25, 0.3) is 0 Å². The topological polar surface area (TPSA) is 72.0 Å². The van der Waals surface area contributed by atoms with Gasteiger partial charge in [0.15, 0.2) is 5.96 Å². The second-order valence-corrected chi connectivity index (χ2v) is 5.01. The fourth-order valence-corrected chi connectivity index (χ4v) is 1.96. The highest BCUT2D eigenvalue weighted by molar-refractivity contribution is 5.92. The van der Waals surface area contributed by atoms with Gasteiger partial charge in [0.1, 0.15) is 11.3 Å². The Morgan fingerprint density at radius 1 is 1.24 bits per heavy atom. The van der Waals surface area contributed by atoms with Gasteiger partial charge in [-0.15, -0.1) is 0 Å². The van der Waals surface area contributed by atoms with E-state index >= 15 is 0 Å². The van der Waals surface area contributed by atoms with Crippen molar-refractivity contribution < 1.29 is 27.4 Å². The summed E-state index contributed by atoms with van der Waals surface area (Å²) in [7, 11) is 2.70. The predicted molar refractivity (Wildman–Crippen MR) is 87.8 cm³/mol. The molecule has 1 rings (SSSR count). The maximum Gasteiger partial charge on any atom is 0.390 e. The molecule has 0 unspecified atom stereocenters. The maximum atomic E-state index is 12.2. The van der Waals surface area contributed by atoms with E-state index in [9.17, 15) is 18.0 Å². The summed E-state index contributed by atoms with van der Waals surface area (Å²) in [6.07, 6.45) is -5.18. The lowest BCUT2D eigenvalue weighted by atomic mass is 10.1. The maximum absolute atomic E-state index is 12.2. The van der Waals surface area contributed by atoms with Gasteiger partial charge in [-0.1, -0.05) is 6.07 Å². The molecule has 0 aliphatic heterocycles. The Morgan fingerprint density at radius 3 is 2.52 bits per heavy atom. The first-order valence-electron chi connectivity index (χ1n) is 7.65. The molecule has 9 heteroatoms. The minimum absolute atomic E-state index is 0.176. The van der Waals surface area contributed by atoms with E-state index in [1.165, 1.54) is 14.2 Å². The summed E-state index contributed by atoms with van der Waals surface area (Å²) in [5.74, 6) is 0.0925. The molecule has 6 nitrogen and oxygen atoms in total. The number of ether oxygens (including phenoxy) is 2. The van der Waals surface area contributed by atoms with Crippen LogP contribution in [-0.2, 0) is 11.3 Å². The fraction of sp³-hybridized carbons (Fsp3) is 0.500. The summed E-state index contributed by atoms with van der Waals surface area (Å²) in [5, 5.41) is 5.49. The molecule has 1 aromatic rings. The third-order valence-electron chi connectivity index (χ3n) is 3.13. The van der Waals surface area contributed by atoms with Crippen molar-refractivity contribution in [3.8, 4) is 5.75 Å². The Kier molecular flexibility index (Phi) is 8.03. The van der Waals surface area contributed by atoms with Crippen LogP contribution in [0, 0.1) is 0 Å². The molecule has 2 N–H and O–H groups in total. The number of halogens is 3. The van der Waals surface area contributed by atoms with E-state index in [0.717, 1.165) is 0 Å². The molecule has 0 radical (unpaired) electrons. The molecule has 0 aliphatic carbocycles. The number of carbonyl (C=O) groups is 1. The van der Waals surface area contributed by atoms with Gasteiger partial charge in [-0.25, -0.2) is 9.79 Å². The van der Waals surface area contributed by atoms with Crippen molar-refractivity contribution in [2.24, 2.45) is 4.99 Å². The van der Waals surface area contributed by atoms with E-state index in [1.54, 1.807) is 18.2 Å². The number of guanidine groups is 1. The number of esters is 1. The molecule has 0 saturated carbocycles. The Hall–Kier alpha value is -2.45. The lowest BCUT2D eigenvalue weighted by Gasteiger charge is -2.13. The van der Waals surface area contributed by atoms with Gasteiger partial charge in [-0.05, 0) is 24.6 Å². The van der Waals surface area contributed by atoms with E-state index in [-0.39, 0.29) is 24.6 Å². The van der Waals surface area contributed by atoms with E-state index in [1.807, 2.05) is 6.92 Å². The van der Waals surface area contributed by atoms with Gasteiger partial charge in [0, 0.05) is 13.1 Å². The van der Waals surface area contributed by atoms with Crippen LogP contribution in [-0.4, -0.2) is 45.4 Å². The van der Waals surface area contributed by atoms with Crippen LogP contribution < -0.4 is 15.4 Å². The zero-order valence-electron chi connectivity index (χ0n) is 14.4. The Bertz CT molecular complexity index is 604. The zero-order chi connectivity index (χ0) is 18.9. The van der Waals surface area contributed by atoms with Crippen LogP contribution in [0.3, 0.4) is 0 Å². The van der Waals surface area contributed by atoms with E-state index in [0.29, 0.717) is 17.9 Å². The average Bonchev–Trinajstić information content (AvgIpc) is 2.57. The number of rotatable bonds is 7. The Labute approximate surface area is 144 Å². The highest BCUT2D eigenvalue weighted by atomic mass is 19.4. The number of hydrogen-bond acceptors (Lipinski definition) is 4. The van der Waals surface area contributed by atoms with Gasteiger partial charge in [-0.2, -0.15) is 13.2 Å². The Morgan fingerprint density at radius 2 is 1.96 bits per heavy atom. The van der Waals surface area contributed by atoms with E-state index in [2.05, 4.69) is 15.6 Å². The van der Waals surface area contributed by atoms with Crippen molar-refractivity contribution in [1.82, 2.24) is 10.6 Å². The largest absolute Gasteiger partial charge is 0.496 e. The molecule has 0 spiro atoms. The summed E-state index contributed by atoms with van der Waals surface area (Å²) in [4.78, 5) is 16.0. The molecule has 0 amide bonds. The number of aliphatic imine (C=N–C) groups is 1. The number of hydrogen-bond donors (Lipinski definition) is 2. The van der Waals surface area contributed by atoms with Crippen LogP contribution in [0.4, 0.5) is 13.2 Å². The molecular weight excluding hydrogens is 339 g/mol. The summed E-state index contributed by atoms with van der Waals surface area (Å²) in [6.45, 7) is 2.22. The van der Waals surface area contributed by atoms with Crippen LogP contribution in [0.2, 0.25) is 0 Å². The molecule has 0 aromatic heterocycles. The molecule has 0 bridgehead atoms. The SMILES string of the molecule is CCNC(=NCc1ccc(OC)c(C(=O)OC)c1)NCCC(F)(F)F. The minimum Gasteiger partial charge on any atom is -0.496 e. The van der Waals surface area contributed by atoms with Crippen molar-refractivity contribution >= 4 is 11.9 Å². The van der Waals surface area contributed by atoms with Crippen molar-refractivity contribution in [3.63, 3.8) is 0 Å². The highest BCUT2D eigenvalue weighted by Crippen LogP contribution is 2.21. The highest BCUT2D eigenvalue weighted by Gasteiger charge is 2.26. The van der Waals surface area contributed by atoms with Crippen LogP contribution in [0.15, 0.2) is 23.2 Å². The van der Waals surface area contributed by atoms with Crippen molar-refractivity contribution in [2.75, 3.05) is 27.3 Å². The quantitative estimate of drug-likeness (QED) is 0.444. The summed E-state index contributed by atoms with van der Waals surface area (Å²) in [5.41, 5.74) is 0.946. The summed E-state index contributed by atoms with van der Waals surface area (Å²) < 4.78 is 46.4. The summed E-state index contributed by atoms with van der Waals surface area (Å²) >= 11 is 0. The van der Waals surface area contributed by atoms with Gasteiger partial charge in [0.05, 0.1) is 27.2 Å². The molecule has 0 atom stereocenters. The smallest absolute Gasteiger partial charge is 0.390 e. The van der Waals surface area contributed by atoms with E-state index in [4.69, 9.17) is 9.47 Å². The number of nitrogens with one attached hydrogen (secondary N) is 2. The fourth-order valence-electron chi connectivity index (χ4n) is 1.96. The van der Waals surface area contributed by atoms with Crippen LogP contribution in [0.25, 0.3) is 0 Å². The molecule has 25 heavy (non-hydrogen) atoms. The number of alkyl halides is 3. The first-order chi connectivity index (χ1) is 11.8. The lowest BCUT2D eigenvalue weighted by molar-refractivity contribution is -0.132. The van der Waals surface area contributed by atoms with Gasteiger partial charge >= 0.3 is 12.1 Å². The third-order valence-corrected chi connectivity index (χ3v) is 3.13. The monoisotopic (exact) mass is 361 g/mol. The average molecular weight is 361 g/mol. The number of benzene rings is 1. The first-order valence-corrected chi connectivity index (χ1v) is 7.65. The van der Waals surface area contributed by atoms with Crippen molar-refractivity contribution in [1.29, 1.82) is 0 Å².